The molecule has 0 aliphatic carbocycles. The maximum absolute atomic E-state index is 13.1. The minimum absolute atomic E-state index is 0.142. The van der Waals surface area contributed by atoms with Crippen LogP contribution in [0.1, 0.15) is 42.6 Å². The first-order chi connectivity index (χ1) is 12.5. The Bertz CT molecular complexity index is 856. The van der Waals surface area contributed by atoms with Crippen LogP contribution < -0.4 is 10.4 Å². The third-order valence-electron chi connectivity index (χ3n) is 3.19. The number of pyridine rings is 1. The lowest BCUT2D eigenvalue weighted by Gasteiger charge is -2.31. The number of rotatable bonds is 4. The predicted molar refractivity (Wildman–Crippen MR) is 90.3 cm³/mol. The van der Waals surface area contributed by atoms with Gasteiger partial charge in [0.25, 0.3) is 5.91 Å². The lowest BCUT2D eigenvalue weighted by molar-refractivity contribution is -0.141. The molecule has 10 heteroatoms. The summed E-state index contributed by atoms with van der Waals surface area (Å²) >= 11 is 0. The molecule has 0 unspecified atom stereocenters. The molecule has 2 aromatic heterocycles. The summed E-state index contributed by atoms with van der Waals surface area (Å²) in [6, 6.07) is 5.14. The van der Waals surface area contributed by atoms with Crippen molar-refractivity contribution in [1.82, 2.24) is 20.4 Å². The summed E-state index contributed by atoms with van der Waals surface area (Å²) in [5.41, 5.74) is 1.14. The third kappa shape index (κ3) is 5.64. The Morgan fingerprint density at radius 2 is 1.85 bits per heavy atom. The number of amides is 1. The van der Waals surface area contributed by atoms with Crippen LogP contribution in [0.2, 0.25) is 0 Å². The average molecular weight is 378 g/mol. The first-order valence-electron chi connectivity index (χ1n) is 7.84. The second kappa shape index (κ2) is 7.57. The van der Waals surface area contributed by atoms with E-state index in [9.17, 15) is 18.0 Å². The number of nitrogens with one attached hydrogen (secondary N) is 1. The summed E-state index contributed by atoms with van der Waals surface area (Å²) in [7, 11) is 0. The van der Waals surface area contributed by atoms with E-state index >= 15 is 0 Å². The van der Waals surface area contributed by atoms with Crippen LogP contribution in [0.15, 0.2) is 30.6 Å². The largest absolute Gasteiger partial charge is 0.433 e. The topological polar surface area (TPSA) is 94.8 Å². The second-order valence-corrected chi connectivity index (χ2v) is 6.87. The van der Waals surface area contributed by atoms with E-state index < -0.39 is 29.0 Å². The Morgan fingerprint density at radius 1 is 1.22 bits per heavy atom. The lowest BCUT2D eigenvalue weighted by Crippen LogP contribution is -2.47. The number of hydrogen-bond donors (Lipinski definition) is 1. The van der Waals surface area contributed by atoms with Gasteiger partial charge in [-0.2, -0.15) is 23.4 Å². The SMILES string of the molecule is CC(C)(C)CN(NC(=O)c1ccncc1)c1cc(C(F)(F)F)nc(C#N)n1. The van der Waals surface area contributed by atoms with Gasteiger partial charge >= 0.3 is 6.18 Å². The maximum atomic E-state index is 13.1. The molecule has 7 nitrogen and oxygen atoms in total. The molecule has 0 atom stereocenters. The van der Waals surface area contributed by atoms with Gasteiger partial charge < -0.3 is 0 Å². The van der Waals surface area contributed by atoms with Crippen molar-refractivity contribution < 1.29 is 18.0 Å². The van der Waals surface area contributed by atoms with Crippen LogP contribution in [-0.4, -0.2) is 27.4 Å². The Morgan fingerprint density at radius 3 is 2.37 bits per heavy atom. The van der Waals surface area contributed by atoms with Crippen molar-refractivity contribution in [3.05, 3.63) is 47.7 Å². The Balaban J connectivity index is 2.45. The molecule has 27 heavy (non-hydrogen) atoms. The van der Waals surface area contributed by atoms with Crippen LogP contribution in [0.4, 0.5) is 19.0 Å². The number of halogens is 3. The molecular formula is C17H17F3N6O. The van der Waals surface area contributed by atoms with E-state index in [0.29, 0.717) is 6.07 Å². The molecule has 0 radical (unpaired) electrons. The van der Waals surface area contributed by atoms with Gasteiger partial charge in [0.15, 0.2) is 11.5 Å². The normalized spacial score (nSPS) is 11.6. The van der Waals surface area contributed by atoms with E-state index in [0.717, 1.165) is 0 Å². The van der Waals surface area contributed by atoms with Gasteiger partial charge in [0, 0.05) is 30.6 Å². The Kier molecular flexibility index (Phi) is 5.64. The summed E-state index contributed by atoms with van der Waals surface area (Å²) in [5.74, 6) is -1.42. The molecule has 0 saturated carbocycles. The number of alkyl halides is 3. The molecule has 1 N–H and O–H groups in total. The lowest BCUT2D eigenvalue weighted by atomic mass is 9.96. The zero-order valence-corrected chi connectivity index (χ0v) is 14.9. The molecule has 142 valence electrons. The first-order valence-corrected chi connectivity index (χ1v) is 7.84. The molecule has 0 aromatic carbocycles. The van der Waals surface area contributed by atoms with E-state index in [2.05, 4.69) is 20.4 Å². The smallest absolute Gasteiger partial charge is 0.267 e. The molecule has 0 saturated heterocycles. The monoisotopic (exact) mass is 378 g/mol. The molecule has 0 aliphatic rings. The number of hydrogen-bond acceptors (Lipinski definition) is 6. The Labute approximate surface area is 153 Å². The van der Waals surface area contributed by atoms with Crippen LogP contribution in [0.25, 0.3) is 0 Å². The molecule has 0 aliphatic heterocycles. The van der Waals surface area contributed by atoms with E-state index in [1.807, 2.05) is 20.8 Å². The quantitative estimate of drug-likeness (QED) is 0.822. The van der Waals surface area contributed by atoms with Gasteiger partial charge in [0.2, 0.25) is 5.82 Å². The predicted octanol–water partition coefficient (Wildman–Crippen LogP) is 2.96. The number of nitriles is 1. The fourth-order valence-corrected chi connectivity index (χ4v) is 2.11. The second-order valence-electron chi connectivity index (χ2n) is 6.87. The number of nitrogens with zero attached hydrogens (tertiary/aromatic N) is 5. The van der Waals surface area contributed by atoms with Crippen LogP contribution in [0.5, 0.6) is 0 Å². The van der Waals surface area contributed by atoms with Crippen molar-refractivity contribution >= 4 is 11.7 Å². The summed E-state index contributed by atoms with van der Waals surface area (Å²) < 4.78 is 39.3. The van der Waals surface area contributed by atoms with Gasteiger partial charge in [-0.1, -0.05) is 20.8 Å². The van der Waals surface area contributed by atoms with Crippen LogP contribution in [0.3, 0.4) is 0 Å². The third-order valence-corrected chi connectivity index (χ3v) is 3.19. The van der Waals surface area contributed by atoms with Gasteiger partial charge in [0.1, 0.15) is 6.07 Å². The van der Waals surface area contributed by atoms with Gasteiger partial charge in [0.05, 0.1) is 0 Å². The Hall–Kier alpha value is -3.22. The summed E-state index contributed by atoms with van der Waals surface area (Å²) in [6.07, 6.45) is -1.92. The summed E-state index contributed by atoms with van der Waals surface area (Å²) in [6.45, 7) is 5.67. The molecule has 2 heterocycles. The summed E-state index contributed by atoms with van der Waals surface area (Å²) in [4.78, 5) is 23.3. The van der Waals surface area contributed by atoms with Gasteiger partial charge in [-0.25, -0.2) is 4.98 Å². The van der Waals surface area contributed by atoms with Crippen molar-refractivity contribution in [3.63, 3.8) is 0 Å². The fraction of sp³-hybridized carbons (Fsp3) is 0.353. The number of anilines is 1. The molecular weight excluding hydrogens is 361 g/mol. The van der Waals surface area contributed by atoms with E-state index in [-0.39, 0.29) is 17.9 Å². The number of hydrazine groups is 1. The van der Waals surface area contributed by atoms with Gasteiger partial charge in [-0.15, -0.1) is 0 Å². The minimum Gasteiger partial charge on any atom is -0.267 e. The number of aromatic nitrogens is 3. The van der Waals surface area contributed by atoms with Crippen molar-refractivity contribution in [3.8, 4) is 6.07 Å². The van der Waals surface area contributed by atoms with Crippen LogP contribution >= 0.6 is 0 Å². The molecule has 1 amide bonds. The van der Waals surface area contributed by atoms with Gasteiger partial charge in [-0.05, 0) is 17.5 Å². The highest BCUT2D eigenvalue weighted by atomic mass is 19.4. The summed E-state index contributed by atoms with van der Waals surface area (Å²) in [5, 5.41) is 10.2. The highest BCUT2D eigenvalue weighted by molar-refractivity contribution is 5.94. The van der Waals surface area contributed by atoms with E-state index in [1.165, 1.54) is 35.6 Å². The molecule has 0 bridgehead atoms. The molecule has 2 aromatic rings. The van der Waals surface area contributed by atoms with Gasteiger partial charge in [-0.3, -0.25) is 20.2 Å². The fourth-order valence-electron chi connectivity index (χ4n) is 2.11. The minimum atomic E-state index is -4.76. The van der Waals surface area contributed by atoms with Crippen molar-refractivity contribution in [2.75, 3.05) is 11.6 Å². The molecule has 0 fully saturated rings. The van der Waals surface area contributed by atoms with Crippen molar-refractivity contribution in [2.45, 2.75) is 26.9 Å². The highest BCUT2D eigenvalue weighted by Gasteiger charge is 2.35. The number of carbonyl (C=O) groups is 1. The van der Waals surface area contributed by atoms with Crippen LogP contribution in [0, 0.1) is 16.7 Å². The van der Waals surface area contributed by atoms with E-state index in [4.69, 9.17) is 5.26 Å². The van der Waals surface area contributed by atoms with Crippen molar-refractivity contribution in [2.24, 2.45) is 5.41 Å². The van der Waals surface area contributed by atoms with Crippen molar-refractivity contribution in [1.29, 1.82) is 5.26 Å². The number of carbonyl (C=O) groups excluding carboxylic acids is 1. The van der Waals surface area contributed by atoms with Crippen LogP contribution in [-0.2, 0) is 6.18 Å². The standard InChI is InChI=1S/C17H17F3N6O/c1-16(2,3)10-26(25-15(27)11-4-6-22-7-5-11)14-8-12(17(18,19)20)23-13(9-21)24-14/h4-8H,10H2,1-3H3,(H,25,27). The first kappa shape index (κ1) is 20.1. The zero-order valence-electron chi connectivity index (χ0n) is 14.9. The average Bonchev–Trinajstić information content (AvgIpc) is 2.59. The molecule has 2 rings (SSSR count). The zero-order chi connectivity index (χ0) is 20.2. The highest BCUT2D eigenvalue weighted by Crippen LogP contribution is 2.30. The molecule has 0 spiro atoms. The van der Waals surface area contributed by atoms with E-state index in [1.54, 1.807) is 0 Å². The maximum Gasteiger partial charge on any atom is 0.433 e.